The third-order valence-corrected chi connectivity index (χ3v) is 7.00. The van der Waals surface area contributed by atoms with Crippen LogP contribution in [0.4, 0.5) is 0 Å². The van der Waals surface area contributed by atoms with Gasteiger partial charge in [0, 0.05) is 23.1 Å². The molecule has 33 heavy (non-hydrogen) atoms. The first-order valence-corrected chi connectivity index (χ1v) is 12.8. The summed E-state index contributed by atoms with van der Waals surface area (Å²) in [7, 11) is 0. The van der Waals surface area contributed by atoms with E-state index in [1.54, 1.807) is 42.2 Å². The first-order valence-electron chi connectivity index (χ1n) is 11.8. The van der Waals surface area contributed by atoms with Gasteiger partial charge in [-0.05, 0) is 30.7 Å². The lowest BCUT2D eigenvalue weighted by Gasteiger charge is -2.20. The van der Waals surface area contributed by atoms with Gasteiger partial charge in [-0.2, -0.15) is 0 Å². The molecule has 0 amide bonds. The fraction of sp³-hybridized carbons (Fsp3) is 0.393. The molecule has 1 aliphatic rings. The van der Waals surface area contributed by atoms with Crippen LogP contribution in [0.1, 0.15) is 67.1 Å². The van der Waals surface area contributed by atoms with Gasteiger partial charge < -0.3 is 4.74 Å². The molecule has 1 atom stereocenters. The molecule has 0 bridgehead atoms. The van der Waals surface area contributed by atoms with E-state index in [-0.39, 0.29) is 5.78 Å². The molecule has 1 aromatic heterocycles. The molecule has 3 rings (SSSR count). The fourth-order valence-electron chi connectivity index (χ4n) is 3.79. The van der Waals surface area contributed by atoms with Gasteiger partial charge in [0.05, 0.1) is 18.2 Å². The number of carbonyl (C=O) groups is 2. The molecule has 4 nitrogen and oxygen atoms in total. The SMILES string of the molecule is CCCCCCCOc1ccnc(CSC2=CC=CCC2C(=O)C(=O)c2ccccc2)c1C. The molecule has 1 unspecified atom stereocenters. The smallest absolute Gasteiger partial charge is 0.229 e. The number of benzene rings is 1. The minimum absolute atomic E-state index is 0.353. The van der Waals surface area contributed by atoms with Gasteiger partial charge in [0.1, 0.15) is 5.75 Å². The van der Waals surface area contributed by atoms with E-state index >= 15 is 0 Å². The minimum Gasteiger partial charge on any atom is -0.493 e. The monoisotopic (exact) mass is 463 g/mol. The molecule has 174 valence electrons. The van der Waals surface area contributed by atoms with Crippen molar-refractivity contribution in [2.45, 2.75) is 58.1 Å². The van der Waals surface area contributed by atoms with Crippen LogP contribution in [0.2, 0.25) is 0 Å². The maximum atomic E-state index is 13.0. The number of unbranched alkanes of at least 4 members (excludes halogenated alkanes) is 4. The van der Waals surface area contributed by atoms with Gasteiger partial charge >= 0.3 is 0 Å². The standard InChI is InChI=1S/C28H33NO3S/c1-3-4-5-6-12-19-32-25-17-18-29-24(21(25)2)20-33-26-16-11-10-15-23(26)28(31)27(30)22-13-8-7-9-14-22/h7-11,13-14,16-18,23H,3-6,12,15,19-20H2,1-2H3. The van der Waals surface area contributed by atoms with Crippen LogP contribution < -0.4 is 4.74 Å². The van der Waals surface area contributed by atoms with E-state index < -0.39 is 11.7 Å². The van der Waals surface area contributed by atoms with Crippen LogP contribution in [-0.2, 0) is 10.5 Å². The van der Waals surface area contributed by atoms with Crippen LogP contribution in [0.25, 0.3) is 0 Å². The number of Topliss-reactive ketones (excluding diaryl/α,β-unsaturated/α-hetero) is 2. The highest BCUT2D eigenvalue weighted by Crippen LogP contribution is 2.35. The minimum atomic E-state index is -0.435. The van der Waals surface area contributed by atoms with E-state index in [2.05, 4.69) is 11.9 Å². The van der Waals surface area contributed by atoms with E-state index in [1.807, 2.05) is 37.3 Å². The van der Waals surface area contributed by atoms with Gasteiger partial charge in [0.2, 0.25) is 11.6 Å². The average Bonchev–Trinajstić information content (AvgIpc) is 2.86. The van der Waals surface area contributed by atoms with Crippen molar-refractivity contribution < 1.29 is 14.3 Å². The molecule has 0 aliphatic heterocycles. The Bertz CT molecular complexity index is 997. The molecule has 0 fully saturated rings. The molecular weight excluding hydrogens is 430 g/mol. The Kier molecular flexibility index (Phi) is 9.95. The number of thioether (sulfide) groups is 1. The summed E-state index contributed by atoms with van der Waals surface area (Å²) in [5, 5.41) is 0. The topological polar surface area (TPSA) is 56.3 Å². The van der Waals surface area contributed by atoms with Crippen molar-refractivity contribution in [1.29, 1.82) is 0 Å². The summed E-state index contributed by atoms with van der Waals surface area (Å²) in [6.07, 6.45) is 14.2. The number of ether oxygens (including phenoxy) is 1. The maximum Gasteiger partial charge on any atom is 0.229 e. The Hall–Kier alpha value is -2.66. The van der Waals surface area contributed by atoms with Crippen LogP contribution in [0.15, 0.2) is 65.7 Å². The Balaban J connectivity index is 1.60. The third kappa shape index (κ3) is 7.16. The molecule has 1 aliphatic carbocycles. The van der Waals surface area contributed by atoms with Crippen molar-refractivity contribution in [1.82, 2.24) is 4.98 Å². The molecule has 1 heterocycles. The zero-order valence-corrected chi connectivity index (χ0v) is 20.4. The lowest BCUT2D eigenvalue weighted by atomic mass is 9.91. The van der Waals surface area contributed by atoms with E-state index in [4.69, 9.17) is 4.74 Å². The Morgan fingerprint density at radius 3 is 2.67 bits per heavy atom. The van der Waals surface area contributed by atoms with Crippen molar-refractivity contribution in [2.24, 2.45) is 5.92 Å². The van der Waals surface area contributed by atoms with Crippen molar-refractivity contribution in [3.63, 3.8) is 0 Å². The second-order valence-electron chi connectivity index (χ2n) is 8.28. The number of ketones is 2. The first kappa shape index (κ1) is 25.0. The van der Waals surface area contributed by atoms with Crippen LogP contribution in [-0.4, -0.2) is 23.2 Å². The number of rotatable bonds is 13. The van der Waals surface area contributed by atoms with Gasteiger partial charge in [0.25, 0.3) is 0 Å². The highest BCUT2D eigenvalue weighted by Gasteiger charge is 2.29. The van der Waals surface area contributed by atoms with Crippen molar-refractivity contribution >= 4 is 23.3 Å². The lowest BCUT2D eigenvalue weighted by Crippen LogP contribution is -2.25. The molecule has 0 radical (unpaired) electrons. The number of allylic oxidation sites excluding steroid dienone is 4. The van der Waals surface area contributed by atoms with Crippen LogP contribution >= 0.6 is 11.8 Å². The molecule has 5 heteroatoms. The number of carbonyl (C=O) groups excluding carboxylic acids is 2. The van der Waals surface area contributed by atoms with Crippen molar-refractivity contribution in [3.8, 4) is 5.75 Å². The second kappa shape index (κ2) is 13.1. The summed E-state index contributed by atoms with van der Waals surface area (Å²) in [6, 6.07) is 10.7. The van der Waals surface area contributed by atoms with Crippen molar-refractivity contribution in [3.05, 3.63) is 82.5 Å². The largest absolute Gasteiger partial charge is 0.493 e. The normalized spacial score (nSPS) is 15.2. The second-order valence-corrected chi connectivity index (χ2v) is 9.33. The van der Waals surface area contributed by atoms with Gasteiger partial charge in [-0.15, -0.1) is 11.8 Å². The average molecular weight is 464 g/mol. The highest BCUT2D eigenvalue weighted by atomic mass is 32.2. The van der Waals surface area contributed by atoms with E-state index in [0.29, 0.717) is 17.7 Å². The summed E-state index contributed by atoms with van der Waals surface area (Å²) in [6.45, 7) is 4.97. The Morgan fingerprint density at radius 2 is 1.88 bits per heavy atom. The number of aromatic nitrogens is 1. The molecule has 0 spiro atoms. The van der Waals surface area contributed by atoms with Crippen LogP contribution in [0.3, 0.4) is 0 Å². The van der Waals surface area contributed by atoms with E-state index in [0.717, 1.165) is 34.9 Å². The summed E-state index contributed by atoms with van der Waals surface area (Å²) in [5.41, 5.74) is 2.42. The third-order valence-electron chi connectivity index (χ3n) is 5.83. The predicted molar refractivity (Wildman–Crippen MR) is 136 cm³/mol. The quantitative estimate of drug-likeness (QED) is 0.184. The molecule has 0 saturated heterocycles. The summed E-state index contributed by atoms with van der Waals surface area (Å²) >= 11 is 1.58. The summed E-state index contributed by atoms with van der Waals surface area (Å²) in [4.78, 5) is 31.1. The lowest BCUT2D eigenvalue weighted by molar-refractivity contribution is -0.117. The van der Waals surface area contributed by atoms with Crippen LogP contribution in [0.5, 0.6) is 5.75 Å². The number of hydrogen-bond acceptors (Lipinski definition) is 5. The number of nitrogens with zero attached hydrogens (tertiary/aromatic N) is 1. The van der Waals surface area contributed by atoms with Gasteiger partial charge in [-0.1, -0.05) is 81.2 Å². The number of pyridine rings is 1. The number of hydrogen-bond donors (Lipinski definition) is 0. The highest BCUT2D eigenvalue weighted by molar-refractivity contribution is 8.02. The zero-order chi connectivity index (χ0) is 23.5. The molecule has 0 saturated carbocycles. The summed E-state index contributed by atoms with van der Waals surface area (Å²) in [5.74, 6) is 0.291. The maximum absolute atomic E-state index is 13.0. The molecule has 0 N–H and O–H groups in total. The molecule has 1 aromatic carbocycles. The Morgan fingerprint density at radius 1 is 1.09 bits per heavy atom. The molecule has 2 aromatic rings. The zero-order valence-electron chi connectivity index (χ0n) is 19.6. The Labute approximate surface area is 201 Å². The van der Waals surface area contributed by atoms with Gasteiger partial charge in [0.15, 0.2) is 0 Å². The van der Waals surface area contributed by atoms with Gasteiger partial charge in [-0.3, -0.25) is 14.6 Å². The van der Waals surface area contributed by atoms with E-state index in [1.165, 1.54) is 25.7 Å². The summed E-state index contributed by atoms with van der Waals surface area (Å²) < 4.78 is 6.02. The fourth-order valence-corrected chi connectivity index (χ4v) is 4.96. The van der Waals surface area contributed by atoms with Gasteiger partial charge in [-0.25, -0.2) is 0 Å². The first-order chi connectivity index (χ1) is 16.1. The van der Waals surface area contributed by atoms with Crippen molar-refractivity contribution in [2.75, 3.05) is 6.61 Å². The van der Waals surface area contributed by atoms with Crippen LogP contribution in [0, 0.1) is 12.8 Å². The van der Waals surface area contributed by atoms with E-state index in [9.17, 15) is 9.59 Å². The molecular formula is C28H33NO3S. The predicted octanol–water partition coefficient (Wildman–Crippen LogP) is 6.88.